The van der Waals surface area contributed by atoms with Crippen LogP contribution in [0, 0.1) is 0 Å². The molecule has 0 fully saturated rings. The third kappa shape index (κ3) is 4.76. The first-order valence-electron chi connectivity index (χ1n) is 7.68. The van der Waals surface area contributed by atoms with Crippen LogP contribution in [-0.4, -0.2) is 17.1 Å². The fourth-order valence-electron chi connectivity index (χ4n) is 2.38. The zero-order valence-electron chi connectivity index (χ0n) is 14.1. The summed E-state index contributed by atoms with van der Waals surface area (Å²) in [5.74, 6) is -1.31. The number of hydrogen-bond donors (Lipinski definition) is 0. The molecule has 0 saturated heterocycles. The molecule has 0 aliphatic rings. The summed E-state index contributed by atoms with van der Waals surface area (Å²) in [5, 5.41) is 0.176. The van der Waals surface area contributed by atoms with Crippen LogP contribution < -0.4 is 0 Å². The van der Waals surface area contributed by atoms with Gasteiger partial charge in [0, 0.05) is 21.0 Å². The van der Waals surface area contributed by atoms with Crippen molar-refractivity contribution in [2.75, 3.05) is 7.11 Å². The molecule has 1 aromatic heterocycles. The van der Waals surface area contributed by atoms with E-state index in [0.717, 1.165) is 12.0 Å². The molecular weight excluding hydrogens is 436 g/mol. The van der Waals surface area contributed by atoms with Crippen molar-refractivity contribution in [3.05, 3.63) is 64.5 Å². The molecule has 0 amide bonds. The second-order valence-corrected chi connectivity index (χ2v) is 6.98. The highest BCUT2D eigenvalue weighted by molar-refractivity contribution is 7.94. The van der Waals surface area contributed by atoms with Crippen LogP contribution >= 0.6 is 35.2 Å². The van der Waals surface area contributed by atoms with E-state index in [1.807, 2.05) is 0 Å². The molecule has 0 aliphatic carbocycles. The highest BCUT2D eigenvalue weighted by atomic mass is 35.5. The highest BCUT2D eigenvalue weighted by Crippen LogP contribution is 2.39. The van der Waals surface area contributed by atoms with Crippen LogP contribution in [0.4, 0.5) is 13.2 Å². The Morgan fingerprint density at radius 3 is 2.07 bits per heavy atom. The maximum atomic E-state index is 13.2. The van der Waals surface area contributed by atoms with Gasteiger partial charge in [0.25, 0.3) is 0 Å². The summed E-state index contributed by atoms with van der Waals surface area (Å²) in [6, 6.07) is 13.0. The van der Waals surface area contributed by atoms with E-state index < -0.39 is 12.0 Å². The van der Waals surface area contributed by atoms with Crippen molar-refractivity contribution in [2.24, 2.45) is 0 Å². The summed E-state index contributed by atoms with van der Waals surface area (Å²) in [4.78, 5) is 12.4. The van der Waals surface area contributed by atoms with E-state index in [1.54, 1.807) is 48.5 Å². The third-order valence-electron chi connectivity index (χ3n) is 3.58. The second-order valence-electron chi connectivity index (χ2n) is 5.41. The number of benzene rings is 2. The zero-order valence-corrected chi connectivity index (χ0v) is 16.5. The minimum atomic E-state index is -4.74. The van der Waals surface area contributed by atoms with E-state index in [4.69, 9.17) is 27.5 Å². The van der Waals surface area contributed by atoms with Gasteiger partial charge in [0.1, 0.15) is 5.15 Å². The Kier molecular flexibility index (Phi) is 6.47. The van der Waals surface area contributed by atoms with Gasteiger partial charge in [-0.25, -0.2) is 14.9 Å². The molecule has 28 heavy (non-hydrogen) atoms. The largest absolute Gasteiger partial charge is 0.451 e. The predicted molar refractivity (Wildman–Crippen MR) is 102 cm³/mol. The first-order valence-corrected chi connectivity index (χ1v) is 9.18. The van der Waals surface area contributed by atoms with Crippen molar-refractivity contribution in [3.63, 3.8) is 0 Å². The second kappa shape index (κ2) is 8.67. The zero-order chi connectivity index (χ0) is 20.3. The van der Waals surface area contributed by atoms with Gasteiger partial charge in [-0.2, -0.15) is 17.5 Å². The van der Waals surface area contributed by atoms with E-state index in [-0.39, 0.29) is 16.4 Å². The van der Waals surface area contributed by atoms with Gasteiger partial charge in [-0.05, 0) is 29.8 Å². The van der Waals surface area contributed by atoms with Gasteiger partial charge in [0.15, 0.2) is 0 Å². The smallest absolute Gasteiger partial charge is 0.227 e. The molecule has 0 aliphatic heterocycles. The average molecular weight is 447 g/mol. The van der Waals surface area contributed by atoms with Gasteiger partial charge < -0.3 is 0 Å². The fraction of sp³-hybridized carbons (Fsp3) is 0.111. The lowest BCUT2D eigenvalue weighted by Gasteiger charge is -2.14. The molecular formula is C18H11Cl2F3N2O2S. The van der Waals surface area contributed by atoms with Crippen molar-refractivity contribution < 1.29 is 22.4 Å². The quantitative estimate of drug-likeness (QED) is 0.188. The Balaban J connectivity index is 2.16. The van der Waals surface area contributed by atoms with Gasteiger partial charge in [0.05, 0.1) is 24.8 Å². The lowest BCUT2D eigenvalue weighted by Crippen LogP contribution is -2.12. The molecule has 10 heteroatoms. The van der Waals surface area contributed by atoms with E-state index in [0.29, 0.717) is 21.0 Å². The number of rotatable bonds is 5. The molecule has 0 bridgehead atoms. The maximum Gasteiger partial charge on any atom is 0.451 e. The van der Waals surface area contributed by atoms with Gasteiger partial charge >= 0.3 is 6.18 Å². The van der Waals surface area contributed by atoms with Crippen molar-refractivity contribution in [3.8, 4) is 22.4 Å². The normalized spacial score (nSPS) is 11.6. The summed E-state index contributed by atoms with van der Waals surface area (Å²) in [6.07, 6.45) is -4.74. The Morgan fingerprint density at radius 2 is 1.50 bits per heavy atom. The number of aromatic nitrogens is 2. The monoisotopic (exact) mass is 446 g/mol. The first-order chi connectivity index (χ1) is 13.3. The average Bonchev–Trinajstić information content (AvgIpc) is 2.66. The van der Waals surface area contributed by atoms with Gasteiger partial charge in [-0.1, -0.05) is 47.5 Å². The molecule has 146 valence electrons. The molecule has 3 aromatic rings. The summed E-state index contributed by atoms with van der Waals surface area (Å²) in [6.45, 7) is 0. The maximum absolute atomic E-state index is 13.2. The van der Waals surface area contributed by atoms with E-state index >= 15 is 0 Å². The minimum absolute atomic E-state index is 0.0545. The van der Waals surface area contributed by atoms with Crippen molar-refractivity contribution in [1.29, 1.82) is 0 Å². The topological polar surface area (TPSA) is 44.2 Å². The summed E-state index contributed by atoms with van der Waals surface area (Å²) in [7, 11) is 1.36. The highest BCUT2D eigenvalue weighted by Gasteiger charge is 2.36. The van der Waals surface area contributed by atoms with Gasteiger partial charge in [-0.3, -0.25) is 0 Å². The lowest BCUT2D eigenvalue weighted by molar-refractivity contribution is -0.160. The van der Waals surface area contributed by atoms with Crippen LogP contribution in [0.2, 0.25) is 10.2 Å². The number of alkyl halides is 3. The van der Waals surface area contributed by atoms with Crippen LogP contribution in [-0.2, 0) is 15.4 Å². The Morgan fingerprint density at radius 1 is 0.893 bits per heavy atom. The van der Waals surface area contributed by atoms with Crippen molar-refractivity contribution in [1.82, 2.24) is 9.97 Å². The van der Waals surface area contributed by atoms with E-state index in [9.17, 15) is 13.2 Å². The molecule has 0 saturated carbocycles. The lowest BCUT2D eigenvalue weighted by atomic mass is 10.0. The number of nitrogens with zero attached hydrogens (tertiary/aromatic N) is 2. The molecule has 2 aromatic carbocycles. The molecule has 0 atom stereocenters. The minimum Gasteiger partial charge on any atom is -0.227 e. The van der Waals surface area contributed by atoms with Crippen LogP contribution in [0.5, 0.6) is 0 Å². The molecule has 0 unspecified atom stereocenters. The van der Waals surface area contributed by atoms with Gasteiger partial charge in [0.2, 0.25) is 5.82 Å². The van der Waals surface area contributed by atoms with Crippen LogP contribution in [0.15, 0.2) is 53.4 Å². The number of hydrogen-bond acceptors (Lipinski definition) is 5. The SMILES string of the molecule is COOSc1ccc(-c2nc(C(F)(F)F)nc(Cl)c2-c2ccc(Cl)cc2)cc1. The predicted octanol–water partition coefficient (Wildman–Crippen LogP) is 6.72. The third-order valence-corrected chi connectivity index (χ3v) is 4.77. The van der Waals surface area contributed by atoms with E-state index in [1.165, 1.54) is 7.11 Å². The van der Waals surface area contributed by atoms with Crippen LogP contribution in [0.3, 0.4) is 0 Å². The van der Waals surface area contributed by atoms with Crippen molar-refractivity contribution >= 4 is 35.2 Å². The Bertz CT molecular complexity index is 968. The van der Waals surface area contributed by atoms with E-state index in [2.05, 4.69) is 14.9 Å². The van der Waals surface area contributed by atoms with Gasteiger partial charge in [-0.15, -0.1) is 0 Å². The van der Waals surface area contributed by atoms with Crippen LogP contribution in [0.1, 0.15) is 5.82 Å². The fourth-order valence-corrected chi connectivity index (χ4v) is 3.18. The molecule has 1 heterocycles. The summed E-state index contributed by atoms with van der Waals surface area (Å²) in [5.41, 5.74) is 1.31. The molecule has 0 N–H and O–H groups in total. The Labute approximate surface area is 172 Å². The summed E-state index contributed by atoms with van der Waals surface area (Å²) < 4.78 is 44.4. The van der Waals surface area contributed by atoms with Crippen LogP contribution in [0.25, 0.3) is 22.4 Å². The summed E-state index contributed by atoms with van der Waals surface area (Å²) >= 11 is 13.0. The molecule has 4 nitrogen and oxygen atoms in total. The van der Waals surface area contributed by atoms with Crippen molar-refractivity contribution in [2.45, 2.75) is 11.1 Å². The molecule has 3 rings (SSSR count). The standard InChI is InChI=1S/C18H11Cl2F3N2O2S/c1-26-27-28-13-8-4-11(5-9-13)15-14(10-2-6-12(19)7-3-10)16(20)25-17(24-15)18(21,22)23/h2-9H,1H3. The first kappa shape index (κ1) is 20.9. The molecule has 0 radical (unpaired) electrons. The molecule has 0 spiro atoms. The number of halogens is 5. The Hall–Kier alpha value is -1.84.